The number of imidazole rings is 1. The molecule has 0 unspecified atom stereocenters. The lowest BCUT2D eigenvalue weighted by Crippen LogP contribution is -2.58. The van der Waals surface area contributed by atoms with Crippen molar-refractivity contribution in [2.24, 2.45) is 5.92 Å². The van der Waals surface area contributed by atoms with Gasteiger partial charge in [-0.25, -0.2) is 18.2 Å². The predicted octanol–water partition coefficient (Wildman–Crippen LogP) is 4.66. The monoisotopic (exact) mass is 774 g/mol. The molecule has 55 heavy (non-hydrogen) atoms. The molecule has 14 nitrogen and oxygen atoms in total. The number of hydrogen-bond donors (Lipinski definition) is 3. The topological polar surface area (TPSA) is 178 Å². The molecule has 5 atom stereocenters. The number of aromatic nitrogens is 2. The van der Waals surface area contributed by atoms with E-state index in [1.54, 1.807) is 40.1 Å². The molecule has 4 amide bonds. The summed E-state index contributed by atoms with van der Waals surface area (Å²) in [5.41, 5.74) is 0.183. The molecule has 3 N–H and O–H groups in total. The zero-order chi connectivity index (χ0) is 39.2. The summed E-state index contributed by atoms with van der Waals surface area (Å²) in [5, 5.41) is 5.66. The van der Waals surface area contributed by atoms with Crippen LogP contribution in [0.25, 0.3) is 16.7 Å². The molecule has 15 heteroatoms. The molecular weight excluding hydrogens is 725 g/mol. The number of ether oxygens (including phenoxy) is 2. The largest absolute Gasteiger partial charge is 0.488 e. The number of amides is 4. The summed E-state index contributed by atoms with van der Waals surface area (Å²) in [5.74, 6) is -1.79. The lowest BCUT2D eigenvalue weighted by atomic mass is 10.0. The van der Waals surface area contributed by atoms with E-state index in [4.69, 9.17) is 9.47 Å². The molecule has 2 aliphatic heterocycles. The van der Waals surface area contributed by atoms with Crippen molar-refractivity contribution in [1.29, 1.82) is 0 Å². The van der Waals surface area contributed by atoms with Gasteiger partial charge in [-0.3, -0.25) is 23.7 Å². The summed E-state index contributed by atoms with van der Waals surface area (Å²) >= 11 is 0. The van der Waals surface area contributed by atoms with Crippen molar-refractivity contribution in [1.82, 2.24) is 29.8 Å². The van der Waals surface area contributed by atoms with Crippen molar-refractivity contribution in [3.8, 4) is 11.4 Å². The van der Waals surface area contributed by atoms with Crippen molar-refractivity contribution in [3.63, 3.8) is 0 Å². The van der Waals surface area contributed by atoms with Crippen LogP contribution in [0.1, 0.15) is 85.5 Å². The van der Waals surface area contributed by atoms with E-state index in [1.165, 1.54) is 4.90 Å². The van der Waals surface area contributed by atoms with Crippen molar-refractivity contribution in [2.75, 3.05) is 6.54 Å². The maximum Gasteiger partial charge on any atom is 0.408 e. The fourth-order valence-electron chi connectivity index (χ4n) is 7.44. The number of hydrogen-bond acceptors (Lipinski definition) is 9. The molecule has 2 saturated carbocycles. The number of nitrogens with one attached hydrogen (secondary N) is 3. The number of nitrogens with zero attached hydrogens (tertiary/aromatic N) is 3. The summed E-state index contributed by atoms with van der Waals surface area (Å²) in [6.45, 7) is 6.82. The summed E-state index contributed by atoms with van der Waals surface area (Å²) in [7, 11) is -3.98. The molecule has 0 radical (unpaired) electrons. The van der Waals surface area contributed by atoms with Gasteiger partial charge in [0.2, 0.25) is 21.8 Å². The second kappa shape index (κ2) is 14.6. The quantitative estimate of drug-likeness (QED) is 0.288. The lowest BCUT2D eigenvalue weighted by Gasteiger charge is -2.30. The van der Waals surface area contributed by atoms with Crippen LogP contribution >= 0.6 is 0 Å². The fourth-order valence-corrected chi connectivity index (χ4v) is 8.76. The highest BCUT2D eigenvalue weighted by atomic mass is 32.2. The van der Waals surface area contributed by atoms with Crippen LogP contribution in [0.3, 0.4) is 0 Å². The first kappa shape index (κ1) is 38.4. The smallest absolute Gasteiger partial charge is 0.408 e. The highest BCUT2D eigenvalue weighted by Gasteiger charge is 2.63. The Morgan fingerprint density at radius 1 is 1.04 bits per heavy atom. The second-order valence-corrected chi connectivity index (χ2v) is 18.7. The van der Waals surface area contributed by atoms with E-state index in [9.17, 15) is 27.6 Å². The zero-order valence-corrected chi connectivity index (χ0v) is 32.6. The van der Waals surface area contributed by atoms with Crippen LogP contribution in [0.4, 0.5) is 4.79 Å². The van der Waals surface area contributed by atoms with E-state index < -0.39 is 73.8 Å². The highest BCUT2D eigenvalue weighted by Crippen LogP contribution is 2.47. The molecule has 3 fully saturated rings. The van der Waals surface area contributed by atoms with Gasteiger partial charge in [0.25, 0.3) is 5.91 Å². The molecule has 1 aromatic heterocycles. The van der Waals surface area contributed by atoms with Crippen molar-refractivity contribution < 1.29 is 37.1 Å². The van der Waals surface area contributed by atoms with Crippen molar-refractivity contribution >= 4 is 44.9 Å². The molecule has 2 aromatic carbocycles. The minimum atomic E-state index is -3.98. The van der Waals surface area contributed by atoms with Gasteiger partial charge in [0.1, 0.15) is 41.4 Å². The molecule has 3 heterocycles. The summed E-state index contributed by atoms with van der Waals surface area (Å²) < 4.78 is 41.5. The third kappa shape index (κ3) is 8.21. The Hall–Kier alpha value is -4.92. The number of carbonyl (C=O) groups excluding carboxylic acids is 4. The Morgan fingerprint density at radius 3 is 2.53 bits per heavy atom. The maximum absolute atomic E-state index is 14.5. The SMILES string of the molecule is CC(C)(C)OC(=O)N[C@H]1CCCCC/C=C\[C@@H]2C[C@@]2(C(=O)NS(=O)(=O)C2(C)CC2)NC(=O)[C@@H]2C[C@@H](Oc3ccc4ncn(-c5ccccc5)c4c3)CN2C1=O. The summed E-state index contributed by atoms with van der Waals surface area (Å²) in [6, 6.07) is 13.2. The van der Waals surface area contributed by atoms with Gasteiger partial charge in [0.05, 0.1) is 22.3 Å². The number of sulfonamides is 1. The van der Waals surface area contributed by atoms with Crippen LogP contribution in [-0.4, -0.2) is 87.3 Å². The van der Waals surface area contributed by atoms with E-state index in [0.29, 0.717) is 37.9 Å². The van der Waals surface area contributed by atoms with E-state index in [0.717, 1.165) is 29.6 Å². The Kier molecular flexibility index (Phi) is 10.2. The number of fused-ring (bicyclic) bond motifs is 3. The molecule has 7 rings (SSSR count). The molecule has 4 aliphatic rings. The van der Waals surface area contributed by atoms with Crippen LogP contribution < -0.4 is 20.1 Å². The first-order chi connectivity index (χ1) is 26.1. The van der Waals surface area contributed by atoms with E-state index in [1.807, 2.05) is 59.2 Å². The first-order valence-corrected chi connectivity index (χ1v) is 20.6. The van der Waals surface area contributed by atoms with Gasteiger partial charge < -0.3 is 25.0 Å². The molecule has 0 spiro atoms. The van der Waals surface area contributed by atoms with Crippen LogP contribution in [0, 0.1) is 5.92 Å². The maximum atomic E-state index is 14.5. The van der Waals surface area contributed by atoms with Crippen LogP contribution in [0.5, 0.6) is 5.75 Å². The molecule has 2 aliphatic carbocycles. The van der Waals surface area contributed by atoms with Crippen LogP contribution in [0.2, 0.25) is 0 Å². The van der Waals surface area contributed by atoms with Crippen molar-refractivity contribution in [3.05, 3.63) is 67.0 Å². The summed E-state index contributed by atoms with van der Waals surface area (Å²) in [4.78, 5) is 61.7. The number of benzene rings is 2. The Labute approximate surface area is 321 Å². The number of carbonyl (C=O) groups is 4. The Balaban J connectivity index is 1.18. The van der Waals surface area contributed by atoms with Gasteiger partial charge in [0.15, 0.2) is 0 Å². The third-order valence-corrected chi connectivity index (χ3v) is 13.2. The van der Waals surface area contributed by atoms with E-state index in [-0.39, 0.29) is 19.4 Å². The van der Waals surface area contributed by atoms with Gasteiger partial charge in [0, 0.05) is 24.1 Å². The predicted molar refractivity (Wildman–Crippen MR) is 205 cm³/mol. The molecule has 3 aromatic rings. The number of para-hydroxylation sites is 1. The second-order valence-electron chi connectivity index (χ2n) is 16.5. The number of alkyl carbamates (subject to hydrolysis) is 1. The standard InChI is InChI=1S/C40H50N6O8S/c1-38(2,3)54-37(50)42-31-16-12-7-5-6-9-13-26-23-40(26,36(49)44-55(51,52)39(4)19-20-39)43-34(47)33-22-29(24-45(33)35(31)48)53-28-17-18-30-32(21-28)46(25-41-30)27-14-10-8-11-15-27/h8-11,13-15,17-18,21,25-26,29,31,33H,5-7,12,16,19-20,22-24H2,1-4H3,(H,42,50)(H,43,47)(H,44,49)/b13-9-/t26-,29-,31+,33+,40-/m1/s1. The van der Waals surface area contributed by atoms with Gasteiger partial charge in [-0.15, -0.1) is 0 Å². The minimum Gasteiger partial charge on any atom is -0.488 e. The minimum absolute atomic E-state index is 0.0225. The van der Waals surface area contributed by atoms with Gasteiger partial charge in [-0.2, -0.15) is 0 Å². The third-order valence-electron chi connectivity index (χ3n) is 11.0. The van der Waals surface area contributed by atoms with Crippen LogP contribution in [0.15, 0.2) is 67.0 Å². The zero-order valence-electron chi connectivity index (χ0n) is 31.7. The van der Waals surface area contributed by atoms with Crippen LogP contribution in [-0.2, 0) is 29.1 Å². The van der Waals surface area contributed by atoms with Gasteiger partial charge in [-0.1, -0.05) is 43.2 Å². The van der Waals surface area contributed by atoms with Gasteiger partial charge in [-0.05, 0) is 90.5 Å². The van der Waals surface area contributed by atoms with Gasteiger partial charge >= 0.3 is 6.09 Å². The van der Waals surface area contributed by atoms with E-state index >= 15 is 0 Å². The molecule has 0 bridgehead atoms. The Morgan fingerprint density at radius 2 is 1.80 bits per heavy atom. The molecular formula is C40H50N6O8S. The van der Waals surface area contributed by atoms with Crippen molar-refractivity contribution in [2.45, 2.75) is 120 Å². The number of rotatable bonds is 7. The molecule has 1 saturated heterocycles. The molecule has 294 valence electrons. The lowest BCUT2D eigenvalue weighted by molar-refractivity contribution is -0.141. The average molecular weight is 775 g/mol. The average Bonchev–Trinajstić information content (AvgIpc) is 3.93. The summed E-state index contributed by atoms with van der Waals surface area (Å²) in [6.07, 6.45) is 8.58. The normalized spacial score (nSPS) is 27.4. The first-order valence-electron chi connectivity index (χ1n) is 19.1. The Bertz CT molecular complexity index is 2110. The van der Waals surface area contributed by atoms with E-state index in [2.05, 4.69) is 20.3 Å². The fraction of sp³-hybridized carbons (Fsp3) is 0.525. The number of allylic oxidation sites excluding steroid dienone is 1. The highest BCUT2D eigenvalue weighted by molar-refractivity contribution is 7.91.